The van der Waals surface area contributed by atoms with Gasteiger partial charge in [-0.2, -0.15) is 0 Å². The largest absolute Gasteiger partial charge is 0.335 e. The topological polar surface area (TPSA) is 80.5 Å². The number of hydrogen-bond acceptors (Lipinski definition) is 4. The van der Waals surface area contributed by atoms with Gasteiger partial charge in [0, 0.05) is 30.7 Å². The summed E-state index contributed by atoms with van der Waals surface area (Å²) in [6.07, 6.45) is 2.19. The van der Waals surface area contributed by atoms with Crippen LogP contribution in [0.3, 0.4) is 0 Å². The average Bonchev–Trinajstić information content (AvgIpc) is 2.63. The summed E-state index contributed by atoms with van der Waals surface area (Å²) in [6, 6.07) is 5.63. The van der Waals surface area contributed by atoms with Crippen LogP contribution in [0.25, 0.3) is 0 Å². The first-order chi connectivity index (χ1) is 9.97. The molecule has 0 saturated carbocycles. The van der Waals surface area contributed by atoms with E-state index in [0.717, 1.165) is 12.8 Å². The molecule has 0 bridgehead atoms. The number of carbonyl (C=O) groups excluding carboxylic acids is 2. The number of non-ortho nitro benzene ring substituents is 1. The number of hydrogen-bond donors (Lipinski definition) is 0. The average molecular weight is 290 g/mol. The monoisotopic (exact) mass is 290 g/mol. The summed E-state index contributed by atoms with van der Waals surface area (Å²) in [7, 11) is 0. The highest BCUT2D eigenvalue weighted by atomic mass is 16.6. The molecular formula is C15H18N2O4. The molecule has 1 aliphatic heterocycles. The number of rotatable bonds is 4. The van der Waals surface area contributed by atoms with Crippen molar-refractivity contribution in [1.82, 2.24) is 4.90 Å². The number of carbonyl (C=O) groups is 2. The number of Topliss-reactive ketones (excluding diaryl/α,β-unsaturated/α-hetero) is 1. The van der Waals surface area contributed by atoms with Gasteiger partial charge in [0.2, 0.25) is 5.91 Å². The lowest BCUT2D eigenvalue weighted by Crippen LogP contribution is -2.35. The zero-order chi connectivity index (χ0) is 15.4. The fourth-order valence-corrected chi connectivity index (χ4v) is 2.40. The molecule has 1 aromatic rings. The first-order valence-corrected chi connectivity index (χ1v) is 7.03. The van der Waals surface area contributed by atoms with Crippen molar-refractivity contribution in [3.8, 4) is 0 Å². The lowest BCUT2D eigenvalue weighted by molar-refractivity contribution is -0.384. The fourth-order valence-electron chi connectivity index (χ4n) is 2.40. The van der Waals surface area contributed by atoms with Crippen LogP contribution in [0.15, 0.2) is 24.3 Å². The van der Waals surface area contributed by atoms with Crippen LogP contribution in [0.4, 0.5) is 5.69 Å². The van der Waals surface area contributed by atoms with Crippen LogP contribution >= 0.6 is 0 Å². The number of nitro benzene ring substituents is 1. The normalized spacial score (nSPS) is 19.2. The summed E-state index contributed by atoms with van der Waals surface area (Å²) in [5.74, 6) is 0.201. The Balaban J connectivity index is 2.08. The Morgan fingerprint density at radius 3 is 2.90 bits per heavy atom. The quantitative estimate of drug-likeness (QED) is 0.484. The zero-order valence-corrected chi connectivity index (χ0v) is 11.9. The van der Waals surface area contributed by atoms with Crippen molar-refractivity contribution in [2.45, 2.75) is 26.2 Å². The van der Waals surface area contributed by atoms with Crippen molar-refractivity contribution in [1.29, 1.82) is 0 Å². The molecule has 0 radical (unpaired) electrons. The van der Waals surface area contributed by atoms with Crippen molar-refractivity contribution >= 4 is 17.4 Å². The van der Waals surface area contributed by atoms with Crippen molar-refractivity contribution < 1.29 is 14.5 Å². The maximum Gasteiger partial charge on any atom is 0.270 e. The second-order valence-corrected chi connectivity index (χ2v) is 5.48. The van der Waals surface area contributed by atoms with E-state index in [1.807, 2.05) is 0 Å². The predicted octanol–water partition coefficient (Wildman–Crippen LogP) is 2.43. The van der Waals surface area contributed by atoms with Gasteiger partial charge < -0.3 is 4.90 Å². The van der Waals surface area contributed by atoms with Crippen LogP contribution in [-0.2, 0) is 4.79 Å². The minimum Gasteiger partial charge on any atom is -0.335 e. The summed E-state index contributed by atoms with van der Waals surface area (Å²) in [4.78, 5) is 35.9. The van der Waals surface area contributed by atoms with Crippen LogP contribution in [0.5, 0.6) is 0 Å². The maximum absolute atomic E-state index is 12.2. The molecule has 0 aromatic heterocycles. The number of amides is 1. The van der Waals surface area contributed by atoms with Gasteiger partial charge in [-0.3, -0.25) is 19.7 Å². The van der Waals surface area contributed by atoms with E-state index in [4.69, 9.17) is 0 Å². The van der Waals surface area contributed by atoms with E-state index in [1.165, 1.54) is 18.2 Å². The van der Waals surface area contributed by atoms with Crippen molar-refractivity contribution in [2.24, 2.45) is 5.92 Å². The number of nitrogens with zero attached hydrogens (tertiary/aromatic N) is 2. The highest BCUT2D eigenvalue weighted by Gasteiger charge is 2.23. The Morgan fingerprint density at radius 1 is 1.43 bits per heavy atom. The third-order valence-electron chi connectivity index (χ3n) is 3.81. The number of benzene rings is 1. The molecule has 1 amide bonds. The second kappa shape index (κ2) is 6.47. The first kappa shape index (κ1) is 15.2. The molecule has 0 aliphatic carbocycles. The Bertz CT molecular complexity index is 571. The lowest BCUT2D eigenvalue weighted by Gasteiger charge is -2.19. The molecule has 1 saturated heterocycles. The van der Waals surface area contributed by atoms with Crippen LogP contribution in [0, 0.1) is 16.0 Å². The van der Waals surface area contributed by atoms with E-state index in [0.29, 0.717) is 18.9 Å². The highest BCUT2D eigenvalue weighted by Crippen LogP contribution is 2.19. The van der Waals surface area contributed by atoms with Crippen molar-refractivity contribution in [3.63, 3.8) is 0 Å². The van der Waals surface area contributed by atoms with E-state index in [1.54, 1.807) is 11.0 Å². The van der Waals surface area contributed by atoms with Gasteiger partial charge in [-0.15, -0.1) is 0 Å². The van der Waals surface area contributed by atoms with Gasteiger partial charge in [0.15, 0.2) is 5.78 Å². The number of ketones is 1. The fraction of sp³-hybridized carbons (Fsp3) is 0.467. The molecular weight excluding hydrogens is 272 g/mol. The zero-order valence-electron chi connectivity index (χ0n) is 11.9. The molecule has 1 heterocycles. The van der Waals surface area contributed by atoms with Gasteiger partial charge in [0.1, 0.15) is 0 Å². The summed E-state index contributed by atoms with van der Waals surface area (Å²) in [5, 5.41) is 10.7. The Kier molecular flexibility index (Phi) is 4.67. The van der Waals surface area contributed by atoms with Crippen LogP contribution < -0.4 is 0 Å². The van der Waals surface area contributed by atoms with Gasteiger partial charge in [-0.1, -0.05) is 19.1 Å². The van der Waals surface area contributed by atoms with E-state index in [2.05, 4.69) is 6.92 Å². The Hall–Kier alpha value is -2.24. The molecule has 112 valence electrons. The third kappa shape index (κ3) is 3.87. The molecule has 21 heavy (non-hydrogen) atoms. The summed E-state index contributed by atoms with van der Waals surface area (Å²) in [5.41, 5.74) is 0.158. The summed E-state index contributed by atoms with van der Waals surface area (Å²) in [6.45, 7) is 2.66. The molecule has 0 spiro atoms. The van der Waals surface area contributed by atoms with Crippen LogP contribution in [0.2, 0.25) is 0 Å². The van der Waals surface area contributed by atoms with Gasteiger partial charge in [-0.05, 0) is 18.8 Å². The van der Waals surface area contributed by atoms with E-state index >= 15 is 0 Å². The summed E-state index contributed by atoms with van der Waals surface area (Å²) >= 11 is 0. The Labute approximate surface area is 122 Å². The standard InChI is InChI=1S/C15H18N2O4/c1-11-5-6-15(19)16(8-7-11)10-14(18)12-3-2-4-13(9-12)17(20)21/h2-4,9,11H,5-8,10H2,1H3. The lowest BCUT2D eigenvalue weighted by atomic mass is 10.0. The molecule has 1 fully saturated rings. The van der Waals surface area contributed by atoms with E-state index < -0.39 is 4.92 Å². The summed E-state index contributed by atoms with van der Waals surface area (Å²) < 4.78 is 0. The molecule has 1 aromatic carbocycles. The smallest absolute Gasteiger partial charge is 0.270 e. The van der Waals surface area contributed by atoms with E-state index in [-0.39, 0.29) is 29.5 Å². The predicted molar refractivity (Wildman–Crippen MR) is 77.0 cm³/mol. The third-order valence-corrected chi connectivity index (χ3v) is 3.81. The van der Waals surface area contributed by atoms with Gasteiger partial charge >= 0.3 is 0 Å². The van der Waals surface area contributed by atoms with Gasteiger partial charge in [-0.25, -0.2) is 0 Å². The van der Waals surface area contributed by atoms with Crippen molar-refractivity contribution in [3.05, 3.63) is 39.9 Å². The molecule has 6 heteroatoms. The first-order valence-electron chi connectivity index (χ1n) is 7.03. The number of nitro groups is 1. The molecule has 0 N–H and O–H groups in total. The van der Waals surface area contributed by atoms with Crippen LogP contribution in [0.1, 0.15) is 36.5 Å². The molecule has 1 atom stereocenters. The SMILES string of the molecule is CC1CCC(=O)N(CC(=O)c2cccc([N+](=O)[O-])c2)CC1. The molecule has 2 rings (SSSR count). The van der Waals surface area contributed by atoms with Gasteiger partial charge in [0.25, 0.3) is 5.69 Å². The highest BCUT2D eigenvalue weighted by molar-refractivity contribution is 5.99. The van der Waals surface area contributed by atoms with E-state index in [9.17, 15) is 19.7 Å². The molecule has 1 aliphatic rings. The minimum atomic E-state index is -0.532. The van der Waals surface area contributed by atoms with Crippen molar-refractivity contribution in [2.75, 3.05) is 13.1 Å². The molecule has 6 nitrogen and oxygen atoms in total. The second-order valence-electron chi connectivity index (χ2n) is 5.48. The maximum atomic E-state index is 12.2. The number of likely N-dealkylation sites (tertiary alicyclic amines) is 1. The Morgan fingerprint density at radius 2 is 2.19 bits per heavy atom. The minimum absolute atomic E-state index is 0.00722. The van der Waals surface area contributed by atoms with Crippen LogP contribution in [-0.4, -0.2) is 34.6 Å². The molecule has 1 unspecified atom stereocenters. The van der Waals surface area contributed by atoms with Gasteiger partial charge in [0.05, 0.1) is 11.5 Å².